The molecule has 5 heteroatoms. The maximum Gasteiger partial charge on any atom is 0.218 e. The summed E-state index contributed by atoms with van der Waals surface area (Å²) in [6.45, 7) is 3.55. The molecule has 1 saturated heterocycles. The van der Waals surface area contributed by atoms with E-state index in [0.29, 0.717) is 12.6 Å². The molecule has 1 aliphatic heterocycles. The van der Waals surface area contributed by atoms with Crippen LogP contribution in [0.25, 0.3) is 0 Å². The largest absolute Gasteiger partial charge is 0.310 e. The molecule has 0 aromatic heterocycles. The molecule has 0 bridgehead atoms. The molecule has 0 spiro atoms. The molecule has 3 rings (SSSR count). The van der Waals surface area contributed by atoms with Gasteiger partial charge in [0.2, 0.25) is 10.0 Å². The first kappa shape index (κ1) is 15.0. The molecule has 2 fully saturated rings. The Labute approximate surface area is 127 Å². The fourth-order valence-electron chi connectivity index (χ4n) is 2.92. The zero-order valence-electron chi connectivity index (χ0n) is 12.6. The third kappa shape index (κ3) is 3.84. The summed E-state index contributed by atoms with van der Waals surface area (Å²) in [5.74, 6) is 0.119. The number of hydrogen-bond donors (Lipinski definition) is 1. The minimum Gasteiger partial charge on any atom is -0.310 e. The Morgan fingerprint density at radius 2 is 1.81 bits per heavy atom. The van der Waals surface area contributed by atoms with Crippen LogP contribution in [-0.2, 0) is 22.3 Å². The first-order valence-electron chi connectivity index (χ1n) is 7.85. The standard InChI is InChI=1S/C16H24N2O2S/c1-13-3-2-10-18(13)21(19,20)12-15-6-4-14(5-7-15)11-17-16-8-9-16/h4-7,13,16-17H,2-3,8-12H2,1H3. The van der Waals surface area contributed by atoms with Gasteiger partial charge in [-0.1, -0.05) is 24.3 Å². The van der Waals surface area contributed by atoms with E-state index < -0.39 is 10.0 Å². The number of benzene rings is 1. The summed E-state index contributed by atoms with van der Waals surface area (Å²) in [5, 5.41) is 3.46. The van der Waals surface area contributed by atoms with Gasteiger partial charge >= 0.3 is 0 Å². The number of nitrogens with one attached hydrogen (secondary N) is 1. The van der Waals surface area contributed by atoms with Gasteiger partial charge < -0.3 is 5.32 Å². The van der Waals surface area contributed by atoms with Crippen LogP contribution >= 0.6 is 0 Å². The molecule has 1 atom stereocenters. The summed E-state index contributed by atoms with van der Waals surface area (Å²) in [6, 6.07) is 8.81. The molecule has 1 heterocycles. The van der Waals surface area contributed by atoms with Crippen molar-refractivity contribution in [3.05, 3.63) is 35.4 Å². The molecule has 1 unspecified atom stereocenters. The second-order valence-electron chi connectivity index (χ2n) is 6.33. The normalized spacial score (nSPS) is 23.6. The summed E-state index contributed by atoms with van der Waals surface area (Å²) >= 11 is 0. The number of rotatable bonds is 6. The Morgan fingerprint density at radius 3 is 2.38 bits per heavy atom. The Morgan fingerprint density at radius 1 is 1.14 bits per heavy atom. The molecule has 1 aliphatic carbocycles. The van der Waals surface area contributed by atoms with Gasteiger partial charge in [0.15, 0.2) is 0 Å². The lowest BCUT2D eigenvalue weighted by atomic mass is 10.1. The molecule has 1 N–H and O–H groups in total. The zero-order chi connectivity index (χ0) is 14.9. The Balaban J connectivity index is 1.61. The van der Waals surface area contributed by atoms with Crippen LogP contribution in [0.3, 0.4) is 0 Å². The maximum absolute atomic E-state index is 12.4. The van der Waals surface area contributed by atoms with Crippen molar-refractivity contribution >= 4 is 10.0 Å². The van der Waals surface area contributed by atoms with Gasteiger partial charge in [-0.15, -0.1) is 0 Å². The van der Waals surface area contributed by atoms with Crippen molar-refractivity contribution in [2.75, 3.05) is 6.54 Å². The molecule has 21 heavy (non-hydrogen) atoms. The Hall–Kier alpha value is -0.910. The number of hydrogen-bond acceptors (Lipinski definition) is 3. The fraction of sp³-hybridized carbons (Fsp3) is 0.625. The summed E-state index contributed by atoms with van der Waals surface area (Å²) in [7, 11) is -3.17. The first-order valence-corrected chi connectivity index (χ1v) is 9.46. The van der Waals surface area contributed by atoms with Crippen molar-refractivity contribution in [1.29, 1.82) is 0 Å². The third-order valence-electron chi connectivity index (χ3n) is 4.39. The average molecular weight is 308 g/mol. The van der Waals surface area contributed by atoms with Crippen molar-refractivity contribution in [1.82, 2.24) is 9.62 Å². The highest BCUT2D eigenvalue weighted by Crippen LogP contribution is 2.23. The second kappa shape index (κ2) is 6.07. The van der Waals surface area contributed by atoms with Crippen molar-refractivity contribution < 1.29 is 8.42 Å². The van der Waals surface area contributed by atoms with Gasteiger partial charge in [0.05, 0.1) is 5.75 Å². The highest BCUT2D eigenvalue weighted by atomic mass is 32.2. The van der Waals surface area contributed by atoms with E-state index >= 15 is 0 Å². The molecule has 1 aromatic rings. The molecule has 4 nitrogen and oxygen atoms in total. The van der Waals surface area contributed by atoms with E-state index in [1.54, 1.807) is 4.31 Å². The second-order valence-corrected chi connectivity index (χ2v) is 8.25. The first-order chi connectivity index (χ1) is 10.0. The zero-order valence-corrected chi connectivity index (χ0v) is 13.4. The van der Waals surface area contributed by atoms with E-state index in [1.165, 1.54) is 18.4 Å². The minimum atomic E-state index is -3.17. The Bertz CT molecular complexity index is 579. The van der Waals surface area contributed by atoms with Crippen molar-refractivity contribution in [2.24, 2.45) is 0 Å². The van der Waals surface area contributed by atoms with Crippen LogP contribution in [-0.4, -0.2) is 31.4 Å². The van der Waals surface area contributed by atoms with Gasteiger partial charge in [0.25, 0.3) is 0 Å². The van der Waals surface area contributed by atoms with Gasteiger partial charge in [0, 0.05) is 25.2 Å². The van der Waals surface area contributed by atoms with Gasteiger partial charge in [-0.05, 0) is 43.7 Å². The molecular formula is C16H24N2O2S. The van der Waals surface area contributed by atoms with Crippen molar-refractivity contribution in [2.45, 2.75) is 57.0 Å². The SMILES string of the molecule is CC1CCCN1S(=O)(=O)Cc1ccc(CNC2CC2)cc1. The summed E-state index contributed by atoms with van der Waals surface area (Å²) in [4.78, 5) is 0. The quantitative estimate of drug-likeness (QED) is 0.877. The molecule has 0 radical (unpaired) electrons. The van der Waals surface area contributed by atoms with Crippen LogP contribution in [0.1, 0.15) is 43.7 Å². The van der Waals surface area contributed by atoms with E-state index in [4.69, 9.17) is 0 Å². The van der Waals surface area contributed by atoms with E-state index in [-0.39, 0.29) is 11.8 Å². The lowest BCUT2D eigenvalue weighted by Gasteiger charge is -2.20. The number of sulfonamides is 1. The van der Waals surface area contributed by atoms with Crippen LogP contribution < -0.4 is 5.32 Å². The van der Waals surface area contributed by atoms with Crippen LogP contribution in [0.5, 0.6) is 0 Å². The molecule has 2 aliphatic rings. The van der Waals surface area contributed by atoms with Crippen LogP contribution in [0, 0.1) is 0 Å². The maximum atomic E-state index is 12.4. The van der Waals surface area contributed by atoms with Crippen molar-refractivity contribution in [3.8, 4) is 0 Å². The van der Waals surface area contributed by atoms with Gasteiger partial charge in [-0.2, -0.15) is 4.31 Å². The fourth-order valence-corrected chi connectivity index (χ4v) is 4.76. The van der Waals surface area contributed by atoms with E-state index in [9.17, 15) is 8.42 Å². The smallest absolute Gasteiger partial charge is 0.218 e. The average Bonchev–Trinajstić information content (AvgIpc) is 3.17. The van der Waals surface area contributed by atoms with E-state index in [0.717, 1.165) is 24.9 Å². The van der Waals surface area contributed by atoms with Crippen LogP contribution in [0.4, 0.5) is 0 Å². The number of nitrogens with zero attached hydrogens (tertiary/aromatic N) is 1. The van der Waals surface area contributed by atoms with Gasteiger partial charge in [-0.25, -0.2) is 8.42 Å². The lowest BCUT2D eigenvalue weighted by molar-refractivity contribution is 0.407. The monoisotopic (exact) mass is 308 g/mol. The molecule has 1 saturated carbocycles. The minimum absolute atomic E-state index is 0.119. The highest BCUT2D eigenvalue weighted by molar-refractivity contribution is 7.88. The van der Waals surface area contributed by atoms with Crippen LogP contribution in [0.2, 0.25) is 0 Å². The summed E-state index contributed by atoms with van der Waals surface area (Å²) in [5.41, 5.74) is 2.10. The summed E-state index contributed by atoms with van der Waals surface area (Å²) in [6.07, 6.45) is 4.52. The van der Waals surface area contributed by atoms with E-state index in [1.807, 2.05) is 31.2 Å². The highest BCUT2D eigenvalue weighted by Gasteiger charge is 2.31. The van der Waals surface area contributed by atoms with Gasteiger partial charge in [0.1, 0.15) is 0 Å². The Kier molecular flexibility index (Phi) is 4.33. The van der Waals surface area contributed by atoms with Gasteiger partial charge in [-0.3, -0.25) is 0 Å². The molecule has 116 valence electrons. The summed E-state index contributed by atoms with van der Waals surface area (Å²) < 4.78 is 26.5. The lowest BCUT2D eigenvalue weighted by Crippen LogP contribution is -2.34. The molecule has 1 aromatic carbocycles. The third-order valence-corrected chi connectivity index (χ3v) is 6.35. The topological polar surface area (TPSA) is 49.4 Å². The van der Waals surface area contributed by atoms with Crippen molar-refractivity contribution in [3.63, 3.8) is 0 Å². The molecule has 0 amide bonds. The van der Waals surface area contributed by atoms with Crippen LogP contribution in [0.15, 0.2) is 24.3 Å². The predicted octanol–water partition coefficient (Wildman–Crippen LogP) is 2.25. The predicted molar refractivity (Wildman–Crippen MR) is 84.3 cm³/mol. The van der Waals surface area contributed by atoms with E-state index in [2.05, 4.69) is 5.32 Å². The molecular weight excluding hydrogens is 284 g/mol.